The summed E-state index contributed by atoms with van der Waals surface area (Å²) < 4.78 is 21.6. The molecule has 2 aliphatic rings. The van der Waals surface area contributed by atoms with E-state index in [-0.39, 0.29) is 11.7 Å². The van der Waals surface area contributed by atoms with Crippen LogP contribution in [0.3, 0.4) is 0 Å². The second-order valence-corrected chi connectivity index (χ2v) is 8.63. The molecule has 0 spiro atoms. The second-order valence-electron chi connectivity index (χ2n) is 8.63. The van der Waals surface area contributed by atoms with Gasteiger partial charge < -0.3 is 24.3 Å². The van der Waals surface area contributed by atoms with Crippen molar-refractivity contribution in [1.29, 1.82) is 0 Å². The number of hydrogen-bond acceptors (Lipinski definition) is 7. The van der Waals surface area contributed by atoms with Crippen LogP contribution >= 0.6 is 0 Å². The van der Waals surface area contributed by atoms with Crippen molar-refractivity contribution in [2.45, 2.75) is 38.5 Å². The summed E-state index contributed by atoms with van der Waals surface area (Å²) in [6, 6.07) is 13.3. The van der Waals surface area contributed by atoms with Gasteiger partial charge in [0.2, 0.25) is 0 Å². The Labute approximate surface area is 205 Å². The van der Waals surface area contributed by atoms with Gasteiger partial charge in [0.05, 0.1) is 33.5 Å². The number of allylic oxidation sites excluding steroid dienone is 3. The Morgan fingerprint density at radius 2 is 1.77 bits per heavy atom. The normalized spacial score (nSPS) is 19.6. The molecule has 1 N–H and O–H groups in total. The highest BCUT2D eigenvalue weighted by atomic mass is 16.5. The van der Waals surface area contributed by atoms with Crippen LogP contribution in [0.15, 0.2) is 65.0 Å². The van der Waals surface area contributed by atoms with Crippen LogP contribution < -0.4 is 19.5 Å². The Morgan fingerprint density at radius 3 is 2.46 bits per heavy atom. The summed E-state index contributed by atoms with van der Waals surface area (Å²) in [5.41, 5.74) is 4.39. The number of hydrogen-bond donors (Lipinski definition) is 1. The molecule has 184 valence electrons. The molecule has 0 aromatic heterocycles. The van der Waals surface area contributed by atoms with Crippen LogP contribution in [-0.2, 0) is 14.3 Å². The molecule has 35 heavy (non-hydrogen) atoms. The van der Waals surface area contributed by atoms with Crippen LogP contribution in [0.4, 0.5) is 0 Å². The van der Waals surface area contributed by atoms with Gasteiger partial charge >= 0.3 is 5.97 Å². The lowest BCUT2D eigenvalue weighted by molar-refractivity contribution is -0.136. The molecule has 0 amide bonds. The summed E-state index contributed by atoms with van der Waals surface area (Å²) in [6.45, 7) is 4.29. The fraction of sp³-hybridized carbons (Fsp3) is 0.357. The number of dihydropyridines is 1. The van der Waals surface area contributed by atoms with Crippen molar-refractivity contribution in [3.8, 4) is 17.2 Å². The van der Waals surface area contributed by atoms with E-state index in [1.807, 2.05) is 56.3 Å². The lowest BCUT2D eigenvalue weighted by Crippen LogP contribution is -2.36. The van der Waals surface area contributed by atoms with E-state index < -0.39 is 11.9 Å². The summed E-state index contributed by atoms with van der Waals surface area (Å²) in [5, 5.41) is 3.35. The van der Waals surface area contributed by atoms with Crippen LogP contribution in [0, 0.1) is 0 Å². The van der Waals surface area contributed by atoms with E-state index in [1.165, 1.54) is 7.11 Å². The molecule has 1 heterocycles. The second kappa shape index (κ2) is 10.3. The topological polar surface area (TPSA) is 83.1 Å². The maximum Gasteiger partial charge on any atom is 0.336 e. The minimum absolute atomic E-state index is 0.000694. The molecule has 7 nitrogen and oxygen atoms in total. The number of carbonyl (C=O) groups is 2. The molecule has 1 aliphatic heterocycles. The minimum Gasteiger partial charge on any atom is -0.494 e. The summed E-state index contributed by atoms with van der Waals surface area (Å²) in [7, 11) is 4.55. The number of rotatable bonds is 7. The number of carbonyl (C=O) groups excluding carboxylic acids is 2. The summed E-state index contributed by atoms with van der Waals surface area (Å²) >= 11 is 0. The predicted octanol–water partition coefficient (Wildman–Crippen LogP) is 4.64. The van der Waals surface area contributed by atoms with Gasteiger partial charge in [-0.25, -0.2) is 4.79 Å². The Bertz CT molecular complexity index is 1210. The minimum atomic E-state index is -0.530. The zero-order valence-electron chi connectivity index (χ0n) is 20.8. The lowest BCUT2D eigenvalue weighted by Gasteiger charge is -2.36. The molecule has 2 aromatic rings. The van der Waals surface area contributed by atoms with Crippen molar-refractivity contribution in [3.63, 3.8) is 0 Å². The summed E-state index contributed by atoms with van der Waals surface area (Å²) in [5.74, 6) is 0.948. The van der Waals surface area contributed by atoms with Crippen LogP contribution in [-0.4, -0.2) is 39.7 Å². The molecule has 0 unspecified atom stereocenters. The van der Waals surface area contributed by atoms with Crippen molar-refractivity contribution in [3.05, 3.63) is 76.1 Å². The lowest BCUT2D eigenvalue weighted by atomic mass is 9.71. The monoisotopic (exact) mass is 477 g/mol. The third-order valence-corrected chi connectivity index (χ3v) is 6.61. The Kier molecular flexibility index (Phi) is 7.15. The summed E-state index contributed by atoms with van der Waals surface area (Å²) in [6.07, 6.45) is 0.954. The van der Waals surface area contributed by atoms with Gasteiger partial charge in [-0.2, -0.15) is 0 Å². The maximum atomic E-state index is 13.7. The first-order chi connectivity index (χ1) is 16.9. The van der Waals surface area contributed by atoms with Gasteiger partial charge in [0.15, 0.2) is 17.3 Å². The number of Topliss-reactive ketones (excluding diaryl/α,β-unsaturated/α-hetero) is 1. The molecule has 0 fully saturated rings. The van der Waals surface area contributed by atoms with E-state index in [9.17, 15) is 9.59 Å². The predicted molar refractivity (Wildman–Crippen MR) is 132 cm³/mol. The van der Waals surface area contributed by atoms with E-state index in [1.54, 1.807) is 14.2 Å². The smallest absolute Gasteiger partial charge is 0.336 e. The summed E-state index contributed by atoms with van der Waals surface area (Å²) in [4.78, 5) is 26.5. The van der Waals surface area contributed by atoms with Crippen LogP contribution in [0.5, 0.6) is 17.2 Å². The Morgan fingerprint density at radius 1 is 1.00 bits per heavy atom. The van der Waals surface area contributed by atoms with Crippen molar-refractivity contribution in [2.24, 2.45) is 0 Å². The van der Waals surface area contributed by atoms with Crippen molar-refractivity contribution in [1.82, 2.24) is 5.32 Å². The fourth-order valence-electron chi connectivity index (χ4n) is 5.05. The number of methoxy groups -OCH3 is 3. The van der Waals surface area contributed by atoms with E-state index in [2.05, 4.69) is 5.32 Å². The highest BCUT2D eigenvalue weighted by molar-refractivity contribution is 6.04. The van der Waals surface area contributed by atoms with Gasteiger partial charge in [0, 0.05) is 29.3 Å². The number of ketones is 1. The molecule has 0 saturated carbocycles. The largest absolute Gasteiger partial charge is 0.494 e. The first-order valence-electron chi connectivity index (χ1n) is 11.7. The zero-order chi connectivity index (χ0) is 25.1. The first-order valence-corrected chi connectivity index (χ1v) is 11.7. The van der Waals surface area contributed by atoms with Crippen molar-refractivity contribution < 1.29 is 28.5 Å². The van der Waals surface area contributed by atoms with E-state index >= 15 is 0 Å². The SMILES string of the molecule is CCOc1cccc([C@H]2C(C(=O)OC)=C(C)NC3=C2C(=O)C[C@@H](c2ccc(OC)c(OC)c2)C3)c1. The first kappa shape index (κ1) is 24.4. The van der Waals surface area contributed by atoms with Crippen LogP contribution in [0.25, 0.3) is 0 Å². The molecular formula is C28H31NO6. The zero-order valence-corrected chi connectivity index (χ0v) is 20.8. The van der Waals surface area contributed by atoms with Crippen LogP contribution in [0.1, 0.15) is 49.7 Å². The quantitative estimate of drug-likeness (QED) is 0.582. The molecule has 7 heteroatoms. The standard InChI is InChI=1S/C28H31NO6/c1-6-35-20-9-7-8-18(12-20)26-25(28(31)34-5)16(2)29-21-13-19(14-22(30)27(21)26)17-10-11-23(32-3)24(15-17)33-4/h7-12,15,19,26,29H,6,13-14H2,1-5H3/t19-,26-/m0/s1. The van der Waals surface area contributed by atoms with E-state index in [4.69, 9.17) is 18.9 Å². The highest BCUT2D eigenvalue weighted by Crippen LogP contribution is 2.46. The maximum absolute atomic E-state index is 13.7. The third kappa shape index (κ3) is 4.63. The average molecular weight is 478 g/mol. The van der Waals surface area contributed by atoms with Gasteiger partial charge in [-0.1, -0.05) is 18.2 Å². The number of benzene rings is 2. The molecular weight excluding hydrogens is 446 g/mol. The average Bonchev–Trinajstić information content (AvgIpc) is 2.87. The molecule has 2 atom stereocenters. The number of esters is 1. The van der Waals surface area contributed by atoms with Crippen LogP contribution in [0.2, 0.25) is 0 Å². The molecule has 2 aromatic carbocycles. The van der Waals surface area contributed by atoms with Gasteiger partial charge in [0.25, 0.3) is 0 Å². The van der Waals surface area contributed by atoms with E-state index in [0.717, 1.165) is 16.8 Å². The van der Waals surface area contributed by atoms with Gasteiger partial charge in [-0.05, 0) is 61.6 Å². The molecule has 1 aliphatic carbocycles. The van der Waals surface area contributed by atoms with Crippen molar-refractivity contribution >= 4 is 11.8 Å². The Hall–Kier alpha value is -3.74. The highest BCUT2D eigenvalue weighted by Gasteiger charge is 2.41. The molecule has 0 radical (unpaired) electrons. The number of ether oxygens (including phenoxy) is 4. The molecule has 4 rings (SSSR count). The Balaban J connectivity index is 1.78. The van der Waals surface area contributed by atoms with E-state index in [0.29, 0.717) is 53.5 Å². The van der Waals surface area contributed by atoms with Gasteiger partial charge in [0.1, 0.15) is 5.75 Å². The molecule has 0 saturated heterocycles. The molecule has 0 bridgehead atoms. The van der Waals surface area contributed by atoms with Gasteiger partial charge in [-0.15, -0.1) is 0 Å². The fourth-order valence-corrected chi connectivity index (χ4v) is 5.05. The van der Waals surface area contributed by atoms with Gasteiger partial charge in [-0.3, -0.25) is 4.79 Å². The third-order valence-electron chi connectivity index (χ3n) is 6.61. The number of nitrogens with one attached hydrogen (secondary N) is 1. The van der Waals surface area contributed by atoms with Crippen molar-refractivity contribution in [2.75, 3.05) is 27.9 Å².